The Hall–Kier alpha value is -2.25. The Balaban J connectivity index is 2.08. The van der Waals surface area contributed by atoms with Gasteiger partial charge in [-0.1, -0.05) is 12.1 Å². The van der Waals surface area contributed by atoms with Crippen molar-refractivity contribution in [2.45, 2.75) is 12.5 Å². The molecule has 0 aliphatic rings. The zero-order valence-electron chi connectivity index (χ0n) is 12.1. The topological polar surface area (TPSA) is 95.1 Å². The number of nitrogens with two attached hydrogens (primary N) is 1. The molecule has 1 atom stereocenters. The summed E-state index contributed by atoms with van der Waals surface area (Å²) in [6.07, 6.45) is 1.58. The molecule has 0 aliphatic heterocycles. The maximum Gasteiger partial charge on any atom is 0.227 e. The molecule has 0 bridgehead atoms. The van der Waals surface area contributed by atoms with Gasteiger partial charge in [-0.15, -0.1) is 10.2 Å². The first-order valence-corrected chi connectivity index (χ1v) is 6.61. The first-order chi connectivity index (χ1) is 10.1. The highest BCUT2D eigenvalue weighted by atomic mass is 16.5. The lowest BCUT2D eigenvalue weighted by atomic mass is 10.1. The van der Waals surface area contributed by atoms with Crippen LogP contribution >= 0.6 is 0 Å². The van der Waals surface area contributed by atoms with Gasteiger partial charge in [0.1, 0.15) is 6.33 Å². The quantitative estimate of drug-likeness (QED) is 0.819. The molecule has 1 amide bonds. The Bertz CT molecular complexity index is 607. The highest BCUT2D eigenvalue weighted by Gasteiger charge is 2.12. The Morgan fingerprint density at radius 2 is 2.33 bits per heavy atom. The fourth-order valence-electron chi connectivity index (χ4n) is 1.96. The van der Waals surface area contributed by atoms with Crippen molar-refractivity contribution in [1.82, 2.24) is 14.8 Å². The SMILES string of the molecule is COC(CN)CC(=O)Nc1cccc(-c2nncn2C)c1. The minimum atomic E-state index is -0.271. The van der Waals surface area contributed by atoms with Crippen LogP contribution in [0.3, 0.4) is 0 Å². The van der Waals surface area contributed by atoms with Gasteiger partial charge < -0.3 is 20.4 Å². The van der Waals surface area contributed by atoms with Crippen molar-refractivity contribution in [2.24, 2.45) is 12.8 Å². The summed E-state index contributed by atoms with van der Waals surface area (Å²) in [7, 11) is 3.41. The standard InChI is InChI=1S/C14H19N5O2/c1-19-9-16-18-14(19)10-4-3-5-11(6-10)17-13(20)7-12(8-15)21-2/h3-6,9,12H,7-8,15H2,1-2H3,(H,17,20). The monoisotopic (exact) mass is 289 g/mol. The van der Waals surface area contributed by atoms with Gasteiger partial charge in [-0.25, -0.2) is 0 Å². The van der Waals surface area contributed by atoms with Crippen molar-refractivity contribution < 1.29 is 9.53 Å². The zero-order chi connectivity index (χ0) is 15.2. The smallest absolute Gasteiger partial charge is 0.227 e. The van der Waals surface area contributed by atoms with Crippen molar-refractivity contribution in [3.8, 4) is 11.4 Å². The van der Waals surface area contributed by atoms with E-state index in [0.717, 1.165) is 11.4 Å². The van der Waals surface area contributed by atoms with E-state index in [1.165, 1.54) is 0 Å². The lowest BCUT2D eigenvalue weighted by Gasteiger charge is -2.13. The zero-order valence-corrected chi connectivity index (χ0v) is 12.1. The van der Waals surface area contributed by atoms with E-state index in [0.29, 0.717) is 12.2 Å². The molecule has 0 saturated heterocycles. The third-order valence-electron chi connectivity index (χ3n) is 3.13. The van der Waals surface area contributed by atoms with Gasteiger partial charge >= 0.3 is 0 Å². The van der Waals surface area contributed by atoms with E-state index >= 15 is 0 Å². The molecule has 0 aliphatic carbocycles. The van der Waals surface area contributed by atoms with E-state index in [4.69, 9.17) is 10.5 Å². The lowest BCUT2D eigenvalue weighted by molar-refractivity contribution is -0.118. The summed E-state index contributed by atoms with van der Waals surface area (Å²) >= 11 is 0. The highest BCUT2D eigenvalue weighted by Crippen LogP contribution is 2.20. The number of hydrogen-bond acceptors (Lipinski definition) is 5. The van der Waals surface area contributed by atoms with Crippen molar-refractivity contribution in [1.29, 1.82) is 0 Å². The number of aromatic nitrogens is 3. The Morgan fingerprint density at radius 3 is 2.95 bits per heavy atom. The average molecular weight is 289 g/mol. The molecule has 3 N–H and O–H groups in total. The number of benzene rings is 1. The van der Waals surface area contributed by atoms with Crippen LogP contribution in [0.15, 0.2) is 30.6 Å². The first kappa shape index (κ1) is 15.1. The van der Waals surface area contributed by atoms with E-state index in [1.807, 2.05) is 35.9 Å². The molecule has 7 nitrogen and oxygen atoms in total. The molecule has 0 saturated carbocycles. The van der Waals surface area contributed by atoms with Crippen molar-refractivity contribution >= 4 is 11.6 Å². The van der Waals surface area contributed by atoms with Gasteiger partial charge in [-0.2, -0.15) is 0 Å². The molecular formula is C14H19N5O2. The van der Waals surface area contributed by atoms with Crippen LogP contribution in [-0.2, 0) is 16.6 Å². The fraction of sp³-hybridized carbons (Fsp3) is 0.357. The van der Waals surface area contributed by atoms with Crippen molar-refractivity contribution in [2.75, 3.05) is 19.0 Å². The first-order valence-electron chi connectivity index (χ1n) is 6.61. The van der Waals surface area contributed by atoms with E-state index < -0.39 is 0 Å². The molecule has 1 aromatic heterocycles. The van der Waals surface area contributed by atoms with E-state index in [2.05, 4.69) is 15.5 Å². The number of carbonyl (C=O) groups is 1. The molecule has 21 heavy (non-hydrogen) atoms. The van der Waals surface area contributed by atoms with Crippen LogP contribution in [0.2, 0.25) is 0 Å². The van der Waals surface area contributed by atoms with E-state index in [-0.39, 0.29) is 18.4 Å². The van der Waals surface area contributed by atoms with Gasteiger partial charge in [0, 0.05) is 32.0 Å². The van der Waals surface area contributed by atoms with Crippen LogP contribution in [0, 0.1) is 0 Å². The fourth-order valence-corrected chi connectivity index (χ4v) is 1.96. The second kappa shape index (κ2) is 6.96. The number of rotatable bonds is 6. The molecule has 1 aromatic carbocycles. The second-order valence-electron chi connectivity index (χ2n) is 4.69. The van der Waals surface area contributed by atoms with Gasteiger partial charge in [-0.05, 0) is 12.1 Å². The van der Waals surface area contributed by atoms with Gasteiger partial charge in [-0.3, -0.25) is 4.79 Å². The Morgan fingerprint density at radius 1 is 1.52 bits per heavy atom. The van der Waals surface area contributed by atoms with Crippen LogP contribution in [0.5, 0.6) is 0 Å². The second-order valence-corrected chi connectivity index (χ2v) is 4.69. The summed E-state index contributed by atoms with van der Waals surface area (Å²) in [5, 5.41) is 10.7. The summed E-state index contributed by atoms with van der Waals surface area (Å²) in [5.74, 6) is 0.602. The number of anilines is 1. The molecular weight excluding hydrogens is 270 g/mol. The molecule has 0 radical (unpaired) electrons. The normalized spacial score (nSPS) is 12.1. The van der Waals surface area contributed by atoms with Gasteiger partial charge in [0.2, 0.25) is 5.91 Å². The number of nitrogens with zero attached hydrogens (tertiary/aromatic N) is 3. The van der Waals surface area contributed by atoms with Crippen LogP contribution in [0.25, 0.3) is 11.4 Å². The van der Waals surface area contributed by atoms with E-state index in [1.54, 1.807) is 13.4 Å². The van der Waals surface area contributed by atoms with Crippen LogP contribution in [0.4, 0.5) is 5.69 Å². The minimum absolute atomic E-state index is 0.137. The summed E-state index contributed by atoms with van der Waals surface area (Å²) in [6, 6.07) is 7.45. The lowest BCUT2D eigenvalue weighted by Crippen LogP contribution is -2.28. The molecule has 2 aromatic rings. The number of nitrogens with one attached hydrogen (secondary N) is 1. The molecule has 0 spiro atoms. The van der Waals surface area contributed by atoms with Gasteiger partial charge in [0.15, 0.2) is 5.82 Å². The number of aryl methyl sites for hydroxylation is 1. The molecule has 7 heteroatoms. The molecule has 0 fully saturated rings. The van der Waals surface area contributed by atoms with Crippen LogP contribution in [0.1, 0.15) is 6.42 Å². The summed E-state index contributed by atoms with van der Waals surface area (Å²) in [6.45, 7) is 0.308. The number of methoxy groups -OCH3 is 1. The number of ether oxygens (including phenoxy) is 1. The highest BCUT2D eigenvalue weighted by molar-refractivity contribution is 5.91. The Kier molecular flexibility index (Phi) is 5.02. The van der Waals surface area contributed by atoms with Crippen molar-refractivity contribution in [3.63, 3.8) is 0 Å². The van der Waals surface area contributed by atoms with Gasteiger partial charge in [0.25, 0.3) is 0 Å². The minimum Gasteiger partial charge on any atom is -0.380 e. The van der Waals surface area contributed by atoms with E-state index in [9.17, 15) is 4.79 Å². The maximum absolute atomic E-state index is 11.9. The van der Waals surface area contributed by atoms with Crippen molar-refractivity contribution in [3.05, 3.63) is 30.6 Å². The summed E-state index contributed by atoms with van der Waals surface area (Å²) in [5.41, 5.74) is 7.09. The average Bonchev–Trinajstić information content (AvgIpc) is 2.91. The summed E-state index contributed by atoms with van der Waals surface area (Å²) < 4.78 is 6.91. The third kappa shape index (κ3) is 3.87. The van der Waals surface area contributed by atoms with Crippen LogP contribution in [-0.4, -0.2) is 40.4 Å². The maximum atomic E-state index is 11.9. The number of amides is 1. The number of hydrogen-bond donors (Lipinski definition) is 2. The van der Waals surface area contributed by atoms with Gasteiger partial charge in [0.05, 0.1) is 12.5 Å². The predicted octanol–water partition coefficient (Wildman–Crippen LogP) is 0.784. The molecule has 1 heterocycles. The largest absolute Gasteiger partial charge is 0.380 e. The molecule has 112 valence electrons. The Labute approximate surface area is 123 Å². The summed E-state index contributed by atoms with van der Waals surface area (Å²) in [4.78, 5) is 11.9. The predicted molar refractivity (Wildman–Crippen MR) is 79.5 cm³/mol. The molecule has 1 unspecified atom stereocenters. The van der Waals surface area contributed by atoms with Crippen LogP contribution < -0.4 is 11.1 Å². The molecule has 2 rings (SSSR count). The third-order valence-corrected chi connectivity index (χ3v) is 3.13. The number of carbonyl (C=O) groups excluding carboxylic acids is 1.